The van der Waals surface area contributed by atoms with E-state index in [0.29, 0.717) is 29.3 Å². The Hall–Kier alpha value is -2.28. The number of rotatable bonds is 6. The van der Waals surface area contributed by atoms with Gasteiger partial charge in [0.05, 0.1) is 24.7 Å². The molecule has 7 heteroatoms. The van der Waals surface area contributed by atoms with Gasteiger partial charge in [0.1, 0.15) is 10.8 Å². The van der Waals surface area contributed by atoms with E-state index in [2.05, 4.69) is 15.3 Å². The minimum absolute atomic E-state index is 0.0942. The third-order valence-corrected chi connectivity index (χ3v) is 3.57. The molecule has 1 aromatic carbocycles. The molecule has 0 aliphatic rings. The number of nitrogen functional groups attached to an aromatic ring is 1. The van der Waals surface area contributed by atoms with E-state index in [1.165, 1.54) is 11.8 Å². The molecule has 21 heavy (non-hydrogen) atoms. The van der Waals surface area contributed by atoms with Crippen LogP contribution in [-0.4, -0.2) is 28.7 Å². The fourth-order valence-electron chi connectivity index (χ4n) is 1.60. The van der Waals surface area contributed by atoms with E-state index in [4.69, 9.17) is 10.5 Å². The van der Waals surface area contributed by atoms with E-state index < -0.39 is 0 Å². The predicted molar refractivity (Wildman–Crippen MR) is 83.4 cm³/mol. The number of nitrogens with two attached hydrogens (primary N) is 1. The summed E-state index contributed by atoms with van der Waals surface area (Å²) in [5, 5.41) is 3.58. The zero-order valence-corrected chi connectivity index (χ0v) is 12.4. The minimum Gasteiger partial charge on any atom is -0.497 e. The number of hydrogen-bond donors (Lipinski definition) is 2. The number of ether oxygens (including phenoxy) is 1. The number of thioether (sulfide) groups is 1. The maximum Gasteiger partial charge on any atom is 0.225 e. The number of carbonyl (C=O) groups excluding carboxylic acids is 1. The standard InChI is InChI=1S/C14H16N4O2S/c1-20-10-2-3-12(11(15)8-10)18-13(19)4-7-21-14-9-16-5-6-17-14/h2-3,5-6,8-9H,4,7,15H2,1H3,(H,18,19). The zero-order valence-electron chi connectivity index (χ0n) is 11.6. The Morgan fingerprint density at radius 1 is 1.43 bits per heavy atom. The number of nitrogens with zero attached hydrogens (tertiary/aromatic N) is 2. The number of nitrogens with one attached hydrogen (secondary N) is 1. The van der Waals surface area contributed by atoms with Crippen LogP contribution in [-0.2, 0) is 4.79 Å². The highest BCUT2D eigenvalue weighted by molar-refractivity contribution is 7.99. The first-order valence-electron chi connectivity index (χ1n) is 6.31. The molecule has 2 aromatic rings. The van der Waals surface area contributed by atoms with E-state index in [0.717, 1.165) is 5.03 Å². The van der Waals surface area contributed by atoms with Crippen LogP contribution in [0.1, 0.15) is 6.42 Å². The predicted octanol–water partition coefficient (Wildman–Crippen LogP) is 2.19. The van der Waals surface area contributed by atoms with Crippen LogP contribution in [0.25, 0.3) is 0 Å². The van der Waals surface area contributed by atoms with E-state index >= 15 is 0 Å². The number of aromatic nitrogens is 2. The molecule has 1 aromatic heterocycles. The molecule has 0 aliphatic heterocycles. The van der Waals surface area contributed by atoms with Crippen LogP contribution in [0.5, 0.6) is 5.75 Å². The summed E-state index contributed by atoms with van der Waals surface area (Å²) in [7, 11) is 1.57. The van der Waals surface area contributed by atoms with Gasteiger partial charge in [0, 0.05) is 30.6 Å². The Kier molecular flexibility index (Phi) is 5.39. The van der Waals surface area contributed by atoms with Gasteiger partial charge in [0.25, 0.3) is 0 Å². The molecule has 0 unspecified atom stereocenters. The Labute approximate surface area is 127 Å². The molecule has 0 saturated heterocycles. The lowest BCUT2D eigenvalue weighted by atomic mass is 10.2. The van der Waals surface area contributed by atoms with Gasteiger partial charge >= 0.3 is 0 Å². The first-order chi connectivity index (χ1) is 10.2. The Bertz CT molecular complexity index is 607. The normalized spacial score (nSPS) is 10.1. The van der Waals surface area contributed by atoms with Crippen molar-refractivity contribution in [3.05, 3.63) is 36.8 Å². The van der Waals surface area contributed by atoms with Gasteiger partial charge in [0.15, 0.2) is 0 Å². The minimum atomic E-state index is -0.0942. The summed E-state index contributed by atoms with van der Waals surface area (Å²) in [6, 6.07) is 5.14. The molecule has 1 heterocycles. The van der Waals surface area contributed by atoms with E-state index in [1.807, 2.05) is 0 Å². The molecule has 0 bridgehead atoms. The van der Waals surface area contributed by atoms with Crippen molar-refractivity contribution in [2.45, 2.75) is 11.4 Å². The summed E-state index contributed by atoms with van der Waals surface area (Å²) in [4.78, 5) is 20.0. The van der Waals surface area contributed by atoms with Crippen LogP contribution in [0.2, 0.25) is 0 Å². The molecule has 0 radical (unpaired) electrons. The number of anilines is 2. The van der Waals surface area contributed by atoms with Crippen LogP contribution >= 0.6 is 11.8 Å². The summed E-state index contributed by atoms with van der Waals surface area (Å²) in [6.07, 6.45) is 5.28. The van der Waals surface area contributed by atoms with Crippen molar-refractivity contribution in [2.24, 2.45) is 0 Å². The molecule has 0 fully saturated rings. The first kappa shape index (κ1) is 15.1. The average molecular weight is 304 g/mol. The van der Waals surface area contributed by atoms with Crippen LogP contribution in [0.15, 0.2) is 41.8 Å². The van der Waals surface area contributed by atoms with E-state index in [1.54, 1.807) is 43.9 Å². The smallest absolute Gasteiger partial charge is 0.225 e. The molecular weight excluding hydrogens is 288 g/mol. The van der Waals surface area contributed by atoms with Gasteiger partial charge in [0.2, 0.25) is 5.91 Å². The van der Waals surface area contributed by atoms with Crippen molar-refractivity contribution >= 4 is 29.0 Å². The van der Waals surface area contributed by atoms with Gasteiger partial charge < -0.3 is 15.8 Å². The van der Waals surface area contributed by atoms with Crippen LogP contribution in [0, 0.1) is 0 Å². The molecule has 3 N–H and O–H groups in total. The van der Waals surface area contributed by atoms with Crippen molar-refractivity contribution in [3.8, 4) is 5.75 Å². The van der Waals surface area contributed by atoms with E-state index in [-0.39, 0.29) is 5.91 Å². The lowest BCUT2D eigenvalue weighted by Crippen LogP contribution is -2.13. The fourth-order valence-corrected chi connectivity index (χ4v) is 2.37. The third-order valence-electron chi connectivity index (χ3n) is 2.65. The highest BCUT2D eigenvalue weighted by Gasteiger charge is 2.07. The number of methoxy groups -OCH3 is 1. The summed E-state index contributed by atoms with van der Waals surface area (Å²) in [5.41, 5.74) is 6.91. The molecule has 0 spiro atoms. The second-order valence-corrected chi connectivity index (χ2v) is 5.26. The fraction of sp³-hybridized carbons (Fsp3) is 0.214. The molecular formula is C14H16N4O2S. The van der Waals surface area contributed by atoms with Crippen molar-refractivity contribution < 1.29 is 9.53 Å². The lowest BCUT2D eigenvalue weighted by Gasteiger charge is -2.09. The van der Waals surface area contributed by atoms with E-state index in [9.17, 15) is 4.79 Å². The van der Waals surface area contributed by atoms with Crippen molar-refractivity contribution in [1.29, 1.82) is 0 Å². The maximum atomic E-state index is 11.9. The maximum absolute atomic E-state index is 11.9. The Morgan fingerprint density at radius 2 is 2.29 bits per heavy atom. The molecule has 0 saturated carbocycles. The van der Waals surface area contributed by atoms with Crippen molar-refractivity contribution in [1.82, 2.24) is 9.97 Å². The number of carbonyl (C=O) groups is 1. The van der Waals surface area contributed by atoms with Gasteiger partial charge in [-0.15, -0.1) is 11.8 Å². The largest absolute Gasteiger partial charge is 0.497 e. The van der Waals surface area contributed by atoms with Crippen LogP contribution < -0.4 is 15.8 Å². The highest BCUT2D eigenvalue weighted by atomic mass is 32.2. The van der Waals surface area contributed by atoms with Gasteiger partial charge in [-0.25, -0.2) is 4.98 Å². The number of hydrogen-bond acceptors (Lipinski definition) is 6. The first-order valence-corrected chi connectivity index (χ1v) is 7.30. The molecule has 2 rings (SSSR count). The van der Waals surface area contributed by atoms with Gasteiger partial charge in [-0.1, -0.05) is 0 Å². The van der Waals surface area contributed by atoms with Gasteiger partial charge in [-0.2, -0.15) is 0 Å². The zero-order chi connectivity index (χ0) is 15.1. The van der Waals surface area contributed by atoms with Crippen LogP contribution in [0.3, 0.4) is 0 Å². The molecule has 110 valence electrons. The highest BCUT2D eigenvalue weighted by Crippen LogP contribution is 2.24. The van der Waals surface area contributed by atoms with Crippen molar-refractivity contribution in [2.75, 3.05) is 23.9 Å². The molecule has 0 atom stereocenters. The summed E-state index contributed by atoms with van der Waals surface area (Å²) in [5.74, 6) is 1.19. The van der Waals surface area contributed by atoms with Gasteiger partial charge in [-0.3, -0.25) is 9.78 Å². The van der Waals surface area contributed by atoms with Crippen LogP contribution in [0.4, 0.5) is 11.4 Å². The second kappa shape index (κ2) is 7.49. The van der Waals surface area contributed by atoms with Crippen molar-refractivity contribution in [3.63, 3.8) is 0 Å². The Morgan fingerprint density at radius 3 is 2.95 bits per heavy atom. The molecule has 0 aliphatic carbocycles. The summed E-state index contributed by atoms with van der Waals surface area (Å²) < 4.78 is 5.06. The Balaban J connectivity index is 1.82. The molecule has 1 amide bonds. The summed E-state index contributed by atoms with van der Waals surface area (Å²) in [6.45, 7) is 0. The quantitative estimate of drug-likeness (QED) is 0.628. The topological polar surface area (TPSA) is 90.1 Å². The SMILES string of the molecule is COc1ccc(NC(=O)CCSc2cnccn2)c(N)c1. The monoisotopic (exact) mass is 304 g/mol. The molecule has 6 nitrogen and oxygen atoms in total. The third kappa shape index (κ3) is 4.64. The second-order valence-electron chi connectivity index (χ2n) is 4.14. The average Bonchev–Trinajstić information content (AvgIpc) is 2.50. The number of benzene rings is 1. The number of amides is 1. The van der Waals surface area contributed by atoms with Gasteiger partial charge in [-0.05, 0) is 12.1 Å². The lowest BCUT2D eigenvalue weighted by molar-refractivity contribution is -0.115. The summed E-state index contributed by atoms with van der Waals surface area (Å²) >= 11 is 1.48.